The second kappa shape index (κ2) is 7.00. The molecule has 0 unspecified atom stereocenters. The fourth-order valence-corrected chi connectivity index (χ4v) is 3.29. The highest BCUT2D eigenvalue weighted by Crippen LogP contribution is 2.20. The molecule has 2 rings (SSSR count). The number of carbonyl (C=O) groups is 1. The van der Waals surface area contributed by atoms with E-state index in [4.69, 9.17) is 11.1 Å². The molecule has 0 atom stereocenters. The van der Waals surface area contributed by atoms with Crippen LogP contribution in [0, 0.1) is 11.3 Å². The SMILES string of the molecule is CC(C)CC(=O)OS(=O)(=O)Cc1ccc2cc(C(=N)N)ccc2c1. The average Bonchev–Trinajstić information content (AvgIpc) is 2.44. The fraction of sp³-hybridized carbons (Fsp3) is 0.294. The topological polar surface area (TPSA) is 110 Å². The standard InChI is InChI=1S/C17H20N2O4S/c1-11(2)7-16(20)23-24(21,22)10-12-3-4-14-9-15(17(18)19)6-5-13(14)8-12/h3-6,8-9,11H,7,10H2,1-2H3,(H3,18,19). The summed E-state index contributed by atoms with van der Waals surface area (Å²) in [5, 5.41) is 9.10. The molecule has 0 aliphatic rings. The molecule has 0 fully saturated rings. The van der Waals surface area contributed by atoms with E-state index in [1.165, 1.54) is 0 Å². The quantitative estimate of drug-likeness (QED) is 0.473. The molecule has 0 amide bonds. The summed E-state index contributed by atoms with van der Waals surface area (Å²) in [6.07, 6.45) is 0.0603. The summed E-state index contributed by atoms with van der Waals surface area (Å²) < 4.78 is 28.6. The van der Waals surface area contributed by atoms with E-state index < -0.39 is 16.1 Å². The van der Waals surface area contributed by atoms with Crippen molar-refractivity contribution in [2.45, 2.75) is 26.0 Å². The molecule has 6 nitrogen and oxygen atoms in total. The third kappa shape index (κ3) is 4.79. The smallest absolute Gasteiger partial charge is 0.322 e. The molecule has 2 aromatic carbocycles. The van der Waals surface area contributed by atoms with E-state index in [0.717, 1.165) is 10.8 Å². The summed E-state index contributed by atoms with van der Waals surface area (Å²) in [7, 11) is -3.97. The van der Waals surface area contributed by atoms with Crippen LogP contribution < -0.4 is 5.73 Å². The molecule has 0 saturated carbocycles. The zero-order valence-electron chi connectivity index (χ0n) is 13.6. The number of nitrogens with two attached hydrogens (primary N) is 1. The van der Waals surface area contributed by atoms with Crippen LogP contribution in [-0.2, 0) is 24.8 Å². The number of hydrogen-bond donors (Lipinski definition) is 2. The molecular weight excluding hydrogens is 328 g/mol. The van der Waals surface area contributed by atoms with Gasteiger partial charge in [0.25, 0.3) is 0 Å². The zero-order valence-corrected chi connectivity index (χ0v) is 14.4. The molecular formula is C17H20N2O4S. The summed E-state index contributed by atoms with van der Waals surface area (Å²) in [6.45, 7) is 3.62. The average molecular weight is 348 g/mol. The number of amidine groups is 1. The van der Waals surface area contributed by atoms with Crippen LogP contribution in [0.15, 0.2) is 36.4 Å². The van der Waals surface area contributed by atoms with E-state index in [1.807, 2.05) is 13.8 Å². The Morgan fingerprint density at radius 1 is 1.17 bits per heavy atom. The fourth-order valence-electron chi connectivity index (χ4n) is 2.30. The summed E-state index contributed by atoms with van der Waals surface area (Å²) in [4.78, 5) is 11.5. The number of nitrogen functional groups attached to an aromatic ring is 1. The zero-order chi connectivity index (χ0) is 17.9. The Morgan fingerprint density at radius 2 is 1.79 bits per heavy atom. The predicted octanol–water partition coefficient (Wildman–Crippen LogP) is 2.54. The molecule has 0 bridgehead atoms. The van der Waals surface area contributed by atoms with Crippen LogP contribution in [0.3, 0.4) is 0 Å². The van der Waals surface area contributed by atoms with Gasteiger partial charge in [-0.05, 0) is 28.3 Å². The van der Waals surface area contributed by atoms with Gasteiger partial charge in [0.15, 0.2) is 0 Å². The molecule has 0 spiro atoms. The van der Waals surface area contributed by atoms with Gasteiger partial charge in [-0.3, -0.25) is 10.2 Å². The number of nitrogens with one attached hydrogen (secondary N) is 1. The summed E-state index contributed by atoms with van der Waals surface area (Å²) >= 11 is 0. The van der Waals surface area contributed by atoms with E-state index in [0.29, 0.717) is 11.1 Å². The van der Waals surface area contributed by atoms with Crippen molar-refractivity contribution in [3.05, 3.63) is 47.5 Å². The molecule has 3 N–H and O–H groups in total. The highest BCUT2D eigenvalue weighted by Gasteiger charge is 2.19. The van der Waals surface area contributed by atoms with Crippen molar-refractivity contribution < 1.29 is 17.4 Å². The van der Waals surface area contributed by atoms with Gasteiger partial charge >= 0.3 is 16.1 Å². The number of hydrogen-bond acceptors (Lipinski definition) is 5. The van der Waals surface area contributed by atoms with Gasteiger partial charge < -0.3 is 9.92 Å². The normalized spacial score (nSPS) is 11.6. The first kappa shape index (κ1) is 17.9. The van der Waals surface area contributed by atoms with Crippen LogP contribution in [0.5, 0.6) is 0 Å². The summed E-state index contributed by atoms with van der Waals surface area (Å²) in [6, 6.07) is 10.4. The van der Waals surface area contributed by atoms with Crippen LogP contribution in [0.4, 0.5) is 0 Å². The molecule has 7 heteroatoms. The third-order valence-electron chi connectivity index (χ3n) is 3.35. The lowest BCUT2D eigenvalue weighted by Gasteiger charge is -2.08. The van der Waals surface area contributed by atoms with Crippen molar-refractivity contribution in [2.75, 3.05) is 0 Å². The molecule has 24 heavy (non-hydrogen) atoms. The second-order valence-corrected chi connectivity index (χ2v) is 7.64. The maximum absolute atomic E-state index is 12.0. The minimum atomic E-state index is -3.97. The summed E-state index contributed by atoms with van der Waals surface area (Å²) in [5.74, 6) is -1.11. The molecule has 0 radical (unpaired) electrons. The molecule has 0 aliphatic heterocycles. The van der Waals surface area contributed by atoms with Gasteiger partial charge in [-0.1, -0.05) is 44.2 Å². The maximum Gasteiger partial charge on any atom is 0.322 e. The van der Waals surface area contributed by atoms with Gasteiger partial charge in [0, 0.05) is 12.0 Å². The maximum atomic E-state index is 12.0. The second-order valence-electron chi connectivity index (χ2n) is 6.07. The van der Waals surface area contributed by atoms with Crippen molar-refractivity contribution in [1.82, 2.24) is 0 Å². The van der Waals surface area contributed by atoms with Crippen LogP contribution >= 0.6 is 0 Å². The molecule has 128 valence electrons. The summed E-state index contributed by atoms with van der Waals surface area (Å²) in [5.41, 5.74) is 6.58. The molecule has 2 aromatic rings. The van der Waals surface area contributed by atoms with Crippen molar-refractivity contribution in [2.24, 2.45) is 11.7 Å². The van der Waals surface area contributed by atoms with Crippen molar-refractivity contribution in [3.63, 3.8) is 0 Å². The van der Waals surface area contributed by atoms with E-state index in [2.05, 4.69) is 4.18 Å². The van der Waals surface area contributed by atoms with Crippen molar-refractivity contribution in [3.8, 4) is 0 Å². The predicted molar refractivity (Wildman–Crippen MR) is 93.1 cm³/mol. The Kier molecular flexibility index (Phi) is 5.23. The molecule has 0 aliphatic carbocycles. The largest absolute Gasteiger partial charge is 0.384 e. The van der Waals surface area contributed by atoms with Gasteiger partial charge in [-0.15, -0.1) is 0 Å². The van der Waals surface area contributed by atoms with Gasteiger partial charge in [0.1, 0.15) is 11.6 Å². The first-order valence-electron chi connectivity index (χ1n) is 7.48. The van der Waals surface area contributed by atoms with Gasteiger partial charge in [0.2, 0.25) is 0 Å². The molecule has 0 heterocycles. The van der Waals surface area contributed by atoms with E-state index >= 15 is 0 Å². The Labute approximate surface area is 141 Å². The van der Waals surface area contributed by atoms with Crippen molar-refractivity contribution >= 4 is 32.7 Å². The minimum Gasteiger partial charge on any atom is -0.384 e. The minimum absolute atomic E-state index is 0.0272. The third-order valence-corrected chi connectivity index (χ3v) is 4.48. The number of fused-ring (bicyclic) bond motifs is 1. The van der Waals surface area contributed by atoms with Gasteiger partial charge in [-0.25, -0.2) is 0 Å². The Balaban J connectivity index is 2.19. The van der Waals surface area contributed by atoms with Crippen LogP contribution in [0.2, 0.25) is 0 Å². The lowest BCUT2D eigenvalue weighted by molar-refractivity contribution is -0.134. The van der Waals surface area contributed by atoms with Gasteiger partial charge in [0.05, 0.1) is 0 Å². The Bertz CT molecular complexity index is 889. The first-order valence-corrected chi connectivity index (χ1v) is 9.06. The number of benzene rings is 2. The monoisotopic (exact) mass is 348 g/mol. The van der Waals surface area contributed by atoms with E-state index in [9.17, 15) is 13.2 Å². The molecule has 0 aromatic heterocycles. The highest BCUT2D eigenvalue weighted by molar-refractivity contribution is 7.86. The van der Waals surface area contributed by atoms with Gasteiger partial charge in [-0.2, -0.15) is 8.42 Å². The number of carbonyl (C=O) groups excluding carboxylic acids is 1. The van der Waals surface area contributed by atoms with Crippen LogP contribution in [0.1, 0.15) is 31.4 Å². The van der Waals surface area contributed by atoms with E-state index in [1.54, 1.807) is 36.4 Å². The lowest BCUT2D eigenvalue weighted by atomic mass is 10.0. The Morgan fingerprint density at radius 3 is 2.42 bits per heavy atom. The van der Waals surface area contributed by atoms with Crippen LogP contribution in [-0.4, -0.2) is 20.2 Å². The molecule has 0 saturated heterocycles. The lowest BCUT2D eigenvalue weighted by Crippen LogP contribution is -2.16. The first-order chi connectivity index (χ1) is 11.2. The van der Waals surface area contributed by atoms with E-state index in [-0.39, 0.29) is 23.9 Å². The Hall–Kier alpha value is -2.41. The number of rotatable bonds is 6. The highest BCUT2D eigenvalue weighted by atomic mass is 32.2. The van der Waals surface area contributed by atoms with Crippen molar-refractivity contribution in [1.29, 1.82) is 5.41 Å². The van der Waals surface area contributed by atoms with Crippen LogP contribution in [0.25, 0.3) is 10.8 Å².